The fourth-order valence-corrected chi connectivity index (χ4v) is 63.4. The minimum absolute atomic E-state index is 0.0739. The Labute approximate surface area is 343 Å². The first-order valence-corrected chi connectivity index (χ1v) is 34.5. The first-order valence-electron chi connectivity index (χ1n) is 18.9. The quantitative estimate of drug-likeness (QED) is 0.122. The van der Waals surface area contributed by atoms with Crippen LogP contribution in [0.1, 0.15) is 97.0 Å². The molecule has 0 N–H and O–H groups in total. The first kappa shape index (κ1) is 45.7. The number of halogens is 14. The third kappa shape index (κ3) is 7.84. The Bertz CT molecular complexity index is 2340. The van der Waals surface area contributed by atoms with Crippen LogP contribution in [0.25, 0.3) is 34.4 Å². The van der Waals surface area contributed by atoms with Gasteiger partial charge in [-0.05, 0) is 0 Å². The van der Waals surface area contributed by atoms with Crippen molar-refractivity contribution in [2.75, 3.05) is 0 Å². The summed E-state index contributed by atoms with van der Waals surface area (Å²) in [7, 11) is 17.1. The molecule has 2 aliphatic carbocycles. The van der Waals surface area contributed by atoms with E-state index >= 15 is 0 Å². The van der Waals surface area contributed by atoms with E-state index < -0.39 is 75.7 Å². The first-order chi connectivity index (χ1) is 27.1. The van der Waals surface area contributed by atoms with E-state index in [0.717, 1.165) is 5.57 Å². The maximum atomic E-state index is 14.1. The van der Waals surface area contributed by atoms with Crippen LogP contribution in [0.15, 0.2) is 71.8 Å². The van der Waals surface area contributed by atoms with Gasteiger partial charge >= 0.3 is 345 Å². The molecule has 0 aromatic heterocycles. The number of allylic oxidation sites excluding steroid dienone is 2. The van der Waals surface area contributed by atoms with Crippen molar-refractivity contribution in [3.8, 4) is 22.3 Å². The van der Waals surface area contributed by atoms with Gasteiger partial charge in [-0.15, -0.1) is 0 Å². The second-order valence-corrected chi connectivity index (χ2v) is 56.4. The number of benzene rings is 4. The molecule has 0 nitrogen and oxygen atoms in total. The summed E-state index contributed by atoms with van der Waals surface area (Å²) in [5.41, 5.74) is -1.39. The normalized spacial score (nSPS) is 18.1. The number of aryl methyl sites for hydroxylation is 2. The number of hydrogen-bond acceptors (Lipinski definition) is 0. The number of hydrogen-bond donors (Lipinski definition) is 0. The molecule has 0 saturated heterocycles. The van der Waals surface area contributed by atoms with Gasteiger partial charge < -0.3 is 0 Å². The summed E-state index contributed by atoms with van der Waals surface area (Å²) in [6, 6.07) is 10.4. The Morgan fingerprint density at radius 1 is 0.525 bits per heavy atom. The summed E-state index contributed by atoms with van der Waals surface area (Å²) in [6.45, 7) is 11.2. The number of fused-ring (bicyclic) bond motifs is 2. The summed E-state index contributed by atoms with van der Waals surface area (Å²) in [5.74, 6) is -2.33. The molecule has 4 aromatic carbocycles. The Hall–Kier alpha value is -2.80. The maximum absolute atomic E-state index is 14.1. The second kappa shape index (κ2) is 15.2. The summed E-state index contributed by atoms with van der Waals surface area (Å²) in [5, 5.41) is 0. The molecule has 59 heavy (non-hydrogen) atoms. The van der Waals surface area contributed by atoms with Crippen LogP contribution in [-0.4, -0.2) is 5.92 Å². The molecule has 2 aliphatic rings. The molecule has 0 amide bonds. The van der Waals surface area contributed by atoms with E-state index in [1.165, 1.54) is 12.1 Å². The molecule has 0 heterocycles. The van der Waals surface area contributed by atoms with Crippen LogP contribution in [-0.2, 0) is 40.3 Å². The van der Waals surface area contributed by atoms with Crippen molar-refractivity contribution in [1.82, 2.24) is 0 Å². The molecule has 0 radical (unpaired) electrons. The van der Waals surface area contributed by atoms with E-state index in [0.29, 0.717) is 81.7 Å². The van der Waals surface area contributed by atoms with Crippen LogP contribution in [0.5, 0.6) is 0 Å². The van der Waals surface area contributed by atoms with Gasteiger partial charge in [-0.3, -0.25) is 0 Å². The summed E-state index contributed by atoms with van der Waals surface area (Å²) >= 11 is -5.80. The Kier molecular flexibility index (Phi) is 11.8. The number of rotatable bonds is 8. The van der Waals surface area contributed by atoms with Gasteiger partial charge in [0.15, 0.2) is 0 Å². The van der Waals surface area contributed by atoms with Gasteiger partial charge in [-0.25, -0.2) is 0 Å². The van der Waals surface area contributed by atoms with E-state index in [-0.39, 0.29) is 34.4 Å². The Morgan fingerprint density at radius 3 is 1.22 bits per heavy atom. The zero-order chi connectivity index (χ0) is 44.0. The van der Waals surface area contributed by atoms with Gasteiger partial charge in [0.1, 0.15) is 0 Å². The van der Waals surface area contributed by atoms with Crippen LogP contribution >= 0.6 is 17.0 Å². The van der Waals surface area contributed by atoms with Crippen LogP contribution < -0.4 is 0 Å². The molecule has 0 fully saturated rings. The predicted molar refractivity (Wildman–Crippen MR) is 210 cm³/mol. The van der Waals surface area contributed by atoms with Crippen molar-refractivity contribution >= 4 is 35.1 Å². The molecule has 2 atom stereocenters. The molecular formula is C43H39Cl2F12SiZr. The molecule has 6 rings (SSSR count). The third-order valence-corrected chi connectivity index (χ3v) is 62.2. The average Bonchev–Trinajstić information content (AvgIpc) is 3.71. The van der Waals surface area contributed by atoms with E-state index in [1.54, 1.807) is 45.1 Å². The molecule has 2 unspecified atom stereocenters. The van der Waals surface area contributed by atoms with Crippen LogP contribution in [0.4, 0.5) is 52.7 Å². The van der Waals surface area contributed by atoms with Crippen LogP contribution in [0, 0.1) is 13.8 Å². The van der Waals surface area contributed by atoms with E-state index in [2.05, 4.69) is 0 Å². The summed E-state index contributed by atoms with van der Waals surface area (Å²) in [4.78, 5) is 0. The van der Waals surface area contributed by atoms with Crippen molar-refractivity contribution in [2.24, 2.45) is 0 Å². The monoisotopic (exact) mass is 971 g/mol. The molecule has 0 aliphatic heterocycles. The molecule has 0 bridgehead atoms. The zero-order valence-corrected chi connectivity index (χ0v) is 37.7. The van der Waals surface area contributed by atoms with E-state index in [1.807, 2.05) is 20.8 Å². The summed E-state index contributed by atoms with van der Waals surface area (Å²) in [6.07, 6.45) is -16.4. The molecule has 0 saturated carbocycles. The van der Waals surface area contributed by atoms with Crippen molar-refractivity contribution in [2.45, 2.75) is 92.0 Å². The zero-order valence-electron chi connectivity index (χ0n) is 32.6. The van der Waals surface area contributed by atoms with Gasteiger partial charge in [-0.1, -0.05) is 0 Å². The fourth-order valence-electron chi connectivity index (χ4n) is 9.64. The molecule has 4 aromatic rings. The third-order valence-electron chi connectivity index (χ3n) is 12.2. The van der Waals surface area contributed by atoms with E-state index in [9.17, 15) is 52.7 Å². The Morgan fingerprint density at radius 2 is 0.881 bits per heavy atom. The van der Waals surface area contributed by atoms with Gasteiger partial charge in [-0.2, -0.15) is 0 Å². The second-order valence-electron chi connectivity index (χ2n) is 15.7. The van der Waals surface area contributed by atoms with Crippen molar-refractivity contribution in [3.05, 3.63) is 127 Å². The predicted octanol–water partition coefficient (Wildman–Crippen LogP) is 16.5. The number of alkyl halides is 12. The van der Waals surface area contributed by atoms with Gasteiger partial charge in [0.05, 0.1) is 0 Å². The van der Waals surface area contributed by atoms with Crippen molar-refractivity contribution < 1.29 is 68.2 Å². The van der Waals surface area contributed by atoms with E-state index in [4.69, 9.17) is 17.0 Å². The average molecular weight is 974 g/mol. The van der Waals surface area contributed by atoms with Crippen LogP contribution in [0.3, 0.4) is 0 Å². The fraction of sp³-hybridized carbons (Fsp3) is 0.349. The van der Waals surface area contributed by atoms with Crippen molar-refractivity contribution in [1.29, 1.82) is 0 Å². The van der Waals surface area contributed by atoms with Gasteiger partial charge in [0.2, 0.25) is 0 Å². The standard InChI is InChI=1S/C20H15F6.C19H13F6.C4H11Si.2ClH.Zr/c1-3-12-6-17-11(2)4-5-16(18(17)7-12)13-8-14(19(21,22)23)10-15(9-13)20(24,25)26;1-10-5-16-11(2)3-4-15(17(16)6-10)12-7-13(18(20,21)22)9-14(8-12)19(23,24)25;1-3-5-4-2;;;/h4-10H,3H2,1-2H3;3-9H,1-2H3;5H,3-4H2,1-2H3;2*1H;/q;;;;;+2/p-2. The van der Waals surface area contributed by atoms with Gasteiger partial charge in [0, 0.05) is 0 Å². The van der Waals surface area contributed by atoms with Crippen molar-refractivity contribution in [3.63, 3.8) is 0 Å². The SMILES string of the molecule is CCC1=Cc2c(-c3cc(C(F)(F)F)cc(C(F)(F)F)c3)ccc(C)c2[CH]1[Zr]([Cl])([Cl])([CH]1C(C)=Cc2c(-c3cc(C(F)(F)F)cc(C(F)(F)F)c3)ccc(C)c21)[SiH](CC)CC. The topological polar surface area (TPSA) is 0 Å². The Balaban J connectivity index is 1.66. The van der Waals surface area contributed by atoms with Crippen LogP contribution in [0.2, 0.25) is 12.1 Å². The van der Waals surface area contributed by atoms with Gasteiger partial charge in [0.25, 0.3) is 0 Å². The molecular weight excluding hydrogens is 935 g/mol. The molecule has 16 heteroatoms. The minimum atomic E-state index is -5.80. The molecule has 317 valence electrons. The summed E-state index contributed by atoms with van der Waals surface area (Å²) < 4.78 is 167. The molecule has 0 spiro atoms.